The van der Waals surface area contributed by atoms with E-state index in [1.165, 1.54) is 109 Å². The lowest BCUT2D eigenvalue weighted by atomic mass is 9.73. The zero-order valence-corrected chi connectivity index (χ0v) is 27.8. The standard InChI is InChI=1S/C46H40O/c1-28-21-23-41-43(25-28)47-45-42(46(41,3)4)24-22-29(2)44(45)40-27-39-36-20-12-10-18-34(36)32-16-8-7-15-31(32)33-17-9-11-19-35(33)38(39)26-37(40)30-13-5-6-14-30/h7-12,15-27,30H,5-6,13-14H2,1-4H3. The molecule has 0 amide bonds. The summed E-state index contributed by atoms with van der Waals surface area (Å²) < 4.78 is 7.04. The average molecular weight is 609 g/mol. The largest absolute Gasteiger partial charge is 0.456 e. The van der Waals surface area contributed by atoms with E-state index in [0.717, 1.165) is 11.5 Å². The summed E-state index contributed by atoms with van der Waals surface area (Å²) in [4.78, 5) is 0. The van der Waals surface area contributed by atoms with Crippen molar-refractivity contribution in [1.82, 2.24) is 0 Å². The normalized spacial score (nSPS) is 15.6. The second-order valence-corrected chi connectivity index (χ2v) is 14.5. The lowest BCUT2D eigenvalue weighted by Crippen LogP contribution is -2.25. The maximum absolute atomic E-state index is 7.04. The third-order valence-corrected chi connectivity index (χ3v) is 11.3. The van der Waals surface area contributed by atoms with Crippen molar-refractivity contribution in [3.05, 3.63) is 143 Å². The number of ether oxygens (including phenoxy) is 1. The third-order valence-electron chi connectivity index (χ3n) is 11.3. The predicted octanol–water partition coefficient (Wildman–Crippen LogP) is 13.0. The molecule has 0 spiro atoms. The van der Waals surface area contributed by atoms with Crippen molar-refractivity contribution in [3.63, 3.8) is 0 Å². The van der Waals surface area contributed by atoms with E-state index in [9.17, 15) is 0 Å². The highest BCUT2D eigenvalue weighted by molar-refractivity contribution is 6.04. The quantitative estimate of drug-likeness (QED) is 0.190. The molecule has 6 aromatic rings. The van der Waals surface area contributed by atoms with E-state index in [1.807, 2.05) is 0 Å². The van der Waals surface area contributed by atoms with Crippen LogP contribution in [0, 0.1) is 13.8 Å². The summed E-state index contributed by atoms with van der Waals surface area (Å²) in [6, 6.07) is 43.4. The Balaban J connectivity index is 1.39. The number of hydrogen-bond acceptors (Lipinski definition) is 1. The van der Waals surface area contributed by atoms with Gasteiger partial charge in [-0.25, -0.2) is 0 Å². The molecular formula is C46H40O. The van der Waals surface area contributed by atoms with Gasteiger partial charge < -0.3 is 4.74 Å². The van der Waals surface area contributed by atoms with Crippen LogP contribution in [-0.4, -0.2) is 0 Å². The average Bonchev–Trinajstić information content (AvgIpc) is 3.62. The number of fused-ring (bicyclic) bond motifs is 10. The third kappa shape index (κ3) is 4.29. The molecule has 0 bridgehead atoms. The molecular weight excluding hydrogens is 569 g/mol. The summed E-state index contributed by atoms with van der Waals surface area (Å²) in [6.07, 6.45) is 5.04. The van der Waals surface area contributed by atoms with E-state index in [1.54, 1.807) is 0 Å². The molecule has 230 valence electrons. The van der Waals surface area contributed by atoms with Gasteiger partial charge in [-0.1, -0.05) is 124 Å². The summed E-state index contributed by atoms with van der Waals surface area (Å²) in [5.41, 5.74) is 19.3. The van der Waals surface area contributed by atoms with Crippen molar-refractivity contribution in [2.75, 3.05) is 0 Å². The van der Waals surface area contributed by atoms with Crippen LogP contribution in [-0.2, 0) is 5.41 Å². The molecule has 1 aliphatic heterocycles. The SMILES string of the molecule is Cc1ccc2c(c1)Oc1c(ccc(C)c1-c1cc3c(cc1C1CCCC1)-c1ccccc1-c1ccccc1-c1ccccc1-3)C2(C)C. The molecule has 2 aliphatic carbocycles. The van der Waals surface area contributed by atoms with E-state index in [0.29, 0.717) is 5.92 Å². The molecule has 0 unspecified atom stereocenters. The molecule has 1 nitrogen and oxygen atoms in total. The fraction of sp³-hybridized carbons (Fsp3) is 0.217. The van der Waals surface area contributed by atoms with Crippen molar-refractivity contribution >= 4 is 0 Å². The highest BCUT2D eigenvalue weighted by Crippen LogP contribution is 2.56. The molecule has 6 aromatic carbocycles. The van der Waals surface area contributed by atoms with Gasteiger partial charge in [-0.3, -0.25) is 0 Å². The van der Waals surface area contributed by atoms with E-state index in [-0.39, 0.29) is 5.41 Å². The van der Waals surface area contributed by atoms with Gasteiger partial charge in [-0.05, 0) is 118 Å². The molecule has 47 heavy (non-hydrogen) atoms. The minimum Gasteiger partial charge on any atom is -0.456 e. The molecule has 1 saturated carbocycles. The Morgan fingerprint density at radius 2 is 1.04 bits per heavy atom. The van der Waals surface area contributed by atoms with Crippen LogP contribution >= 0.6 is 0 Å². The van der Waals surface area contributed by atoms with E-state index in [4.69, 9.17) is 4.74 Å². The Bertz CT molecular complexity index is 2230. The Kier molecular flexibility index (Phi) is 6.38. The van der Waals surface area contributed by atoms with E-state index < -0.39 is 0 Å². The molecule has 1 fully saturated rings. The first-order chi connectivity index (χ1) is 22.9. The van der Waals surface area contributed by atoms with Gasteiger partial charge in [0, 0.05) is 22.1 Å². The van der Waals surface area contributed by atoms with Crippen LogP contribution in [0.4, 0.5) is 0 Å². The zero-order chi connectivity index (χ0) is 31.9. The minimum absolute atomic E-state index is 0.175. The summed E-state index contributed by atoms with van der Waals surface area (Å²) in [5, 5.41) is 0. The van der Waals surface area contributed by atoms with E-state index >= 15 is 0 Å². The Hall–Kier alpha value is -4.88. The van der Waals surface area contributed by atoms with Gasteiger partial charge in [0.1, 0.15) is 11.5 Å². The maximum atomic E-state index is 7.04. The van der Waals surface area contributed by atoms with Gasteiger partial charge in [-0.15, -0.1) is 0 Å². The monoisotopic (exact) mass is 608 g/mol. The first kappa shape index (κ1) is 28.4. The van der Waals surface area contributed by atoms with Gasteiger partial charge in [0.15, 0.2) is 0 Å². The summed E-state index contributed by atoms with van der Waals surface area (Å²) in [6.45, 7) is 9.13. The summed E-state index contributed by atoms with van der Waals surface area (Å²) >= 11 is 0. The zero-order valence-electron chi connectivity index (χ0n) is 27.8. The molecule has 0 atom stereocenters. The molecule has 0 saturated heterocycles. The predicted molar refractivity (Wildman–Crippen MR) is 197 cm³/mol. The number of hydrogen-bond donors (Lipinski definition) is 0. The summed E-state index contributed by atoms with van der Waals surface area (Å²) in [7, 11) is 0. The molecule has 0 N–H and O–H groups in total. The highest BCUT2D eigenvalue weighted by Gasteiger charge is 2.37. The van der Waals surface area contributed by atoms with Crippen LogP contribution in [0.1, 0.15) is 73.3 Å². The first-order valence-electron chi connectivity index (χ1n) is 17.3. The van der Waals surface area contributed by atoms with Crippen molar-refractivity contribution < 1.29 is 4.74 Å². The highest BCUT2D eigenvalue weighted by atomic mass is 16.5. The number of benzene rings is 6. The van der Waals surface area contributed by atoms with Gasteiger partial charge in [0.2, 0.25) is 0 Å². The Morgan fingerprint density at radius 3 is 1.62 bits per heavy atom. The molecule has 9 rings (SSSR count). The molecule has 0 radical (unpaired) electrons. The second kappa shape index (κ2) is 10.6. The maximum Gasteiger partial charge on any atom is 0.139 e. The van der Waals surface area contributed by atoms with Crippen LogP contribution in [0.2, 0.25) is 0 Å². The first-order valence-corrected chi connectivity index (χ1v) is 17.3. The van der Waals surface area contributed by atoms with Gasteiger partial charge in [0.25, 0.3) is 0 Å². The smallest absolute Gasteiger partial charge is 0.139 e. The van der Waals surface area contributed by atoms with Crippen molar-refractivity contribution in [1.29, 1.82) is 0 Å². The Labute approximate surface area is 278 Å². The van der Waals surface area contributed by atoms with Crippen LogP contribution in [0.15, 0.2) is 115 Å². The van der Waals surface area contributed by atoms with Gasteiger partial charge in [-0.2, -0.15) is 0 Å². The molecule has 3 aliphatic rings. The van der Waals surface area contributed by atoms with Crippen molar-refractivity contribution in [2.45, 2.75) is 64.7 Å². The molecule has 0 aromatic heterocycles. The van der Waals surface area contributed by atoms with Gasteiger partial charge in [0.05, 0.1) is 0 Å². The van der Waals surface area contributed by atoms with Crippen molar-refractivity contribution in [3.8, 4) is 67.1 Å². The van der Waals surface area contributed by atoms with Crippen LogP contribution in [0.3, 0.4) is 0 Å². The molecule has 1 heteroatoms. The minimum atomic E-state index is -0.175. The van der Waals surface area contributed by atoms with Crippen LogP contribution in [0.25, 0.3) is 55.6 Å². The lowest BCUT2D eigenvalue weighted by molar-refractivity contribution is 0.419. The van der Waals surface area contributed by atoms with Crippen molar-refractivity contribution in [2.24, 2.45) is 0 Å². The topological polar surface area (TPSA) is 9.23 Å². The molecule has 1 heterocycles. The lowest BCUT2D eigenvalue weighted by Gasteiger charge is -2.36. The number of rotatable bonds is 2. The van der Waals surface area contributed by atoms with Crippen LogP contribution < -0.4 is 4.74 Å². The van der Waals surface area contributed by atoms with E-state index in [2.05, 4.69) is 143 Å². The fourth-order valence-corrected chi connectivity index (χ4v) is 8.81. The Morgan fingerprint density at radius 1 is 0.532 bits per heavy atom. The fourth-order valence-electron chi connectivity index (χ4n) is 8.81. The summed E-state index contributed by atoms with van der Waals surface area (Å²) in [5.74, 6) is 2.54. The van der Waals surface area contributed by atoms with Gasteiger partial charge >= 0.3 is 0 Å². The number of aryl methyl sites for hydroxylation is 2. The second-order valence-electron chi connectivity index (χ2n) is 14.5. The van der Waals surface area contributed by atoms with Crippen LogP contribution in [0.5, 0.6) is 11.5 Å².